The first-order valence-electron chi connectivity index (χ1n) is 10.2. The third kappa shape index (κ3) is 7.23. The van der Waals surface area contributed by atoms with Crippen molar-refractivity contribution in [1.29, 1.82) is 0 Å². The van der Waals surface area contributed by atoms with Crippen molar-refractivity contribution in [3.8, 4) is 12.3 Å². The van der Waals surface area contributed by atoms with Crippen LogP contribution in [0.1, 0.15) is 29.3 Å². The number of guanidine groups is 1. The molecule has 1 aromatic carbocycles. The molecule has 3 N–H and O–H groups in total. The van der Waals surface area contributed by atoms with Gasteiger partial charge in [-0.2, -0.15) is 0 Å². The largest absolute Gasteiger partial charge is 0.356 e. The van der Waals surface area contributed by atoms with Crippen molar-refractivity contribution in [3.05, 3.63) is 52.2 Å². The number of nitrogens with one attached hydrogen (secondary N) is 3. The van der Waals surface area contributed by atoms with Gasteiger partial charge in [-0.15, -0.1) is 41.7 Å². The SMILES string of the molecule is C#Cc1cccc(NC(=O)CNC(=NC)NCC2CCCN(C)C2c2cccs2)c1.I. The molecule has 1 fully saturated rings. The van der Waals surface area contributed by atoms with Crippen LogP contribution in [0.5, 0.6) is 0 Å². The number of anilines is 1. The summed E-state index contributed by atoms with van der Waals surface area (Å²) in [6.45, 7) is 2.05. The van der Waals surface area contributed by atoms with Crippen LogP contribution in [0.15, 0.2) is 46.8 Å². The van der Waals surface area contributed by atoms with Gasteiger partial charge in [0.25, 0.3) is 0 Å². The molecule has 0 bridgehead atoms. The second-order valence-electron chi connectivity index (χ2n) is 7.42. The quantitative estimate of drug-likeness (QED) is 0.223. The lowest BCUT2D eigenvalue weighted by Crippen LogP contribution is -2.46. The lowest BCUT2D eigenvalue weighted by atomic mass is 9.88. The zero-order valence-electron chi connectivity index (χ0n) is 17.9. The minimum atomic E-state index is -0.152. The first kappa shape index (κ1) is 25.2. The maximum Gasteiger partial charge on any atom is 0.243 e. The molecule has 8 heteroatoms. The predicted molar refractivity (Wildman–Crippen MR) is 140 cm³/mol. The van der Waals surface area contributed by atoms with E-state index < -0.39 is 0 Å². The van der Waals surface area contributed by atoms with Gasteiger partial charge in [0, 0.05) is 35.8 Å². The molecular formula is C23H30IN5OS. The molecule has 31 heavy (non-hydrogen) atoms. The molecule has 2 unspecified atom stereocenters. The Morgan fingerprint density at radius 2 is 2.16 bits per heavy atom. The summed E-state index contributed by atoms with van der Waals surface area (Å²) in [6, 6.07) is 12.0. The maximum absolute atomic E-state index is 12.3. The van der Waals surface area contributed by atoms with E-state index in [1.807, 2.05) is 29.5 Å². The molecule has 1 aliphatic heterocycles. The molecule has 2 heterocycles. The molecule has 3 rings (SSSR count). The van der Waals surface area contributed by atoms with E-state index in [-0.39, 0.29) is 36.4 Å². The highest BCUT2D eigenvalue weighted by atomic mass is 127. The van der Waals surface area contributed by atoms with Gasteiger partial charge in [0.15, 0.2) is 5.96 Å². The number of carbonyl (C=O) groups is 1. The molecule has 2 aromatic rings. The van der Waals surface area contributed by atoms with Crippen LogP contribution in [0, 0.1) is 18.3 Å². The van der Waals surface area contributed by atoms with E-state index in [1.165, 1.54) is 17.7 Å². The van der Waals surface area contributed by atoms with Gasteiger partial charge < -0.3 is 16.0 Å². The van der Waals surface area contributed by atoms with Gasteiger partial charge in [-0.25, -0.2) is 0 Å². The van der Waals surface area contributed by atoms with Crippen LogP contribution < -0.4 is 16.0 Å². The summed E-state index contributed by atoms with van der Waals surface area (Å²) in [5.74, 6) is 3.53. The van der Waals surface area contributed by atoms with E-state index in [2.05, 4.69) is 56.3 Å². The Morgan fingerprint density at radius 1 is 1.32 bits per heavy atom. The fraction of sp³-hybridized carbons (Fsp3) is 0.391. The van der Waals surface area contributed by atoms with Gasteiger partial charge in [0.1, 0.15) is 0 Å². The van der Waals surface area contributed by atoms with Gasteiger partial charge >= 0.3 is 0 Å². The van der Waals surface area contributed by atoms with Crippen molar-refractivity contribution in [3.63, 3.8) is 0 Å². The zero-order valence-corrected chi connectivity index (χ0v) is 21.1. The summed E-state index contributed by atoms with van der Waals surface area (Å²) in [5.41, 5.74) is 1.42. The molecule has 1 amide bonds. The molecule has 1 aliphatic rings. The number of hydrogen-bond donors (Lipinski definition) is 3. The molecule has 2 atom stereocenters. The fourth-order valence-corrected chi connectivity index (χ4v) is 4.87. The highest BCUT2D eigenvalue weighted by molar-refractivity contribution is 14.0. The van der Waals surface area contributed by atoms with Crippen LogP contribution in [0.4, 0.5) is 5.69 Å². The van der Waals surface area contributed by atoms with Crippen molar-refractivity contribution < 1.29 is 4.79 Å². The molecule has 166 valence electrons. The number of terminal acetylenes is 1. The van der Waals surface area contributed by atoms with Crippen molar-refractivity contribution >= 4 is 52.9 Å². The predicted octanol–water partition coefficient (Wildman–Crippen LogP) is 3.53. The van der Waals surface area contributed by atoms with Crippen molar-refractivity contribution in [2.24, 2.45) is 10.9 Å². The average Bonchev–Trinajstić information content (AvgIpc) is 3.28. The van der Waals surface area contributed by atoms with Gasteiger partial charge in [-0.3, -0.25) is 14.7 Å². The lowest BCUT2D eigenvalue weighted by molar-refractivity contribution is -0.115. The van der Waals surface area contributed by atoms with E-state index >= 15 is 0 Å². The molecule has 0 spiro atoms. The standard InChI is InChI=1S/C23H29N5OS.HI/c1-4-17-8-5-10-19(14-17)27-21(29)16-26-23(24-2)25-15-18-9-6-12-28(3)22(18)20-11-7-13-30-20;/h1,5,7-8,10-11,13-14,18,22H,6,9,12,15-16H2,2-3H3,(H,27,29)(H2,24,25,26);1H. The normalized spacial score (nSPS) is 19.1. The number of thiophene rings is 1. The van der Waals surface area contributed by atoms with E-state index in [1.54, 1.807) is 13.1 Å². The smallest absolute Gasteiger partial charge is 0.243 e. The summed E-state index contributed by atoms with van der Waals surface area (Å²) in [4.78, 5) is 20.4. The monoisotopic (exact) mass is 551 g/mol. The number of piperidine rings is 1. The second-order valence-corrected chi connectivity index (χ2v) is 8.40. The average molecular weight is 551 g/mol. The topological polar surface area (TPSA) is 68.8 Å². The molecule has 1 aromatic heterocycles. The van der Waals surface area contributed by atoms with Gasteiger partial charge in [-0.1, -0.05) is 18.1 Å². The Bertz CT molecular complexity index is 909. The van der Waals surface area contributed by atoms with Crippen molar-refractivity contribution in [2.75, 3.05) is 39.0 Å². The van der Waals surface area contributed by atoms with Crippen LogP contribution in [0.3, 0.4) is 0 Å². The highest BCUT2D eigenvalue weighted by Gasteiger charge is 2.31. The Hall–Kier alpha value is -2.09. The van der Waals surface area contributed by atoms with Crippen LogP contribution in [-0.4, -0.2) is 50.5 Å². The van der Waals surface area contributed by atoms with E-state index in [9.17, 15) is 4.79 Å². The number of likely N-dealkylation sites (tertiary alicyclic amines) is 1. The molecule has 0 radical (unpaired) electrons. The highest BCUT2D eigenvalue weighted by Crippen LogP contribution is 2.36. The van der Waals surface area contributed by atoms with Crippen molar-refractivity contribution in [1.82, 2.24) is 15.5 Å². The summed E-state index contributed by atoms with van der Waals surface area (Å²) in [7, 11) is 3.91. The van der Waals surface area contributed by atoms with Crippen LogP contribution in [0.2, 0.25) is 0 Å². The van der Waals surface area contributed by atoms with Gasteiger partial charge in [0.05, 0.1) is 6.54 Å². The zero-order chi connectivity index (χ0) is 21.3. The first-order valence-corrected chi connectivity index (χ1v) is 11.0. The van der Waals surface area contributed by atoms with Gasteiger partial charge in [0.2, 0.25) is 5.91 Å². The molecule has 1 saturated heterocycles. The number of benzene rings is 1. The summed E-state index contributed by atoms with van der Waals surface area (Å²) in [6.07, 6.45) is 7.77. The van der Waals surface area contributed by atoms with E-state index in [0.717, 1.165) is 18.7 Å². The third-order valence-electron chi connectivity index (χ3n) is 5.33. The van der Waals surface area contributed by atoms with Crippen LogP contribution in [0.25, 0.3) is 0 Å². The van der Waals surface area contributed by atoms with Crippen LogP contribution >= 0.6 is 35.3 Å². The molecule has 0 aliphatic carbocycles. The lowest BCUT2D eigenvalue weighted by Gasteiger charge is -2.39. The summed E-state index contributed by atoms with van der Waals surface area (Å²) in [5, 5.41) is 11.5. The maximum atomic E-state index is 12.3. The number of carbonyl (C=O) groups excluding carboxylic acids is 1. The minimum Gasteiger partial charge on any atom is -0.356 e. The van der Waals surface area contributed by atoms with Crippen molar-refractivity contribution in [2.45, 2.75) is 18.9 Å². The number of amides is 1. The summed E-state index contributed by atoms with van der Waals surface area (Å²) >= 11 is 1.81. The Morgan fingerprint density at radius 3 is 2.87 bits per heavy atom. The Balaban J connectivity index is 0.00000341. The Kier molecular flexibility index (Phi) is 10.3. The Labute approximate surface area is 205 Å². The second kappa shape index (κ2) is 12.7. The number of aliphatic imine (C=N–C) groups is 1. The number of rotatable bonds is 6. The number of nitrogens with zero attached hydrogens (tertiary/aromatic N) is 2. The molecule has 6 nitrogen and oxygen atoms in total. The fourth-order valence-electron chi connectivity index (χ4n) is 3.89. The first-order chi connectivity index (χ1) is 14.6. The van der Waals surface area contributed by atoms with Gasteiger partial charge in [-0.05, 0) is 62.0 Å². The minimum absolute atomic E-state index is 0. The molecule has 0 saturated carbocycles. The molecular weight excluding hydrogens is 521 g/mol. The number of halogens is 1. The number of hydrogen-bond acceptors (Lipinski definition) is 4. The third-order valence-corrected chi connectivity index (χ3v) is 6.27. The van der Waals surface area contributed by atoms with E-state index in [4.69, 9.17) is 6.42 Å². The van der Waals surface area contributed by atoms with Crippen LogP contribution in [-0.2, 0) is 4.79 Å². The summed E-state index contributed by atoms with van der Waals surface area (Å²) < 4.78 is 0. The van der Waals surface area contributed by atoms with E-state index in [0.29, 0.717) is 23.6 Å².